The van der Waals surface area contributed by atoms with E-state index in [4.69, 9.17) is 4.98 Å². The quantitative estimate of drug-likeness (QED) is 0.851. The minimum absolute atomic E-state index is 0. The van der Waals surface area contributed by atoms with Gasteiger partial charge in [0.2, 0.25) is 5.91 Å². The van der Waals surface area contributed by atoms with Gasteiger partial charge in [0.05, 0.1) is 17.1 Å². The van der Waals surface area contributed by atoms with Gasteiger partial charge in [-0.25, -0.2) is 4.98 Å². The molecular formula is C18H28Cl2N4O. The zero-order chi connectivity index (χ0) is 16.4. The lowest BCUT2D eigenvalue weighted by molar-refractivity contribution is -0.132. The number of imidazole rings is 1. The van der Waals surface area contributed by atoms with Crippen molar-refractivity contribution in [1.82, 2.24) is 19.8 Å². The van der Waals surface area contributed by atoms with Crippen molar-refractivity contribution in [1.29, 1.82) is 0 Å². The number of carbonyl (C=O) groups excluding carboxylic acids is 1. The Kier molecular flexibility index (Phi) is 8.19. The number of likely N-dealkylation sites (tertiary alicyclic amines) is 1. The maximum atomic E-state index is 12.5. The number of nitrogens with one attached hydrogen (secondary N) is 1. The molecule has 25 heavy (non-hydrogen) atoms. The number of hydrogen-bond donors (Lipinski definition) is 1. The normalized spacial score (nSPS) is 16.8. The molecule has 3 rings (SSSR count). The van der Waals surface area contributed by atoms with Crippen LogP contribution in [0, 0.1) is 0 Å². The molecule has 7 heteroatoms. The van der Waals surface area contributed by atoms with Crippen LogP contribution < -0.4 is 5.32 Å². The molecule has 1 aromatic carbocycles. The van der Waals surface area contributed by atoms with Crippen LogP contribution in [0.15, 0.2) is 24.3 Å². The zero-order valence-corrected chi connectivity index (χ0v) is 16.7. The van der Waals surface area contributed by atoms with Crippen LogP contribution in [0.1, 0.15) is 51.0 Å². The third-order valence-corrected chi connectivity index (χ3v) is 4.60. The number of nitrogens with zero attached hydrogens (tertiary/aromatic N) is 3. The van der Waals surface area contributed by atoms with Crippen molar-refractivity contribution in [3.8, 4) is 0 Å². The highest BCUT2D eigenvalue weighted by molar-refractivity contribution is 5.85. The predicted octanol–water partition coefficient (Wildman–Crippen LogP) is 3.73. The Labute approximate surface area is 162 Å². The second-order valence-corrected chi connectivity index (χ2v) is 6.52. The van der Waals surface area contributed by atoms with E-state index in [1.807, 2.05) is 18.0 Å². The Morgan fingerprint density at radius 3 is 2.72 bits per heavy atom. The molecule has 1 amide bonds. The number of rotatable bonds is 5. The fourth-order valence-electron chi connectivity index (χ4n) is 3.55. The first-order chi connectivity index (χ1) is 11.1. The van der Waals surface area contributed by atoms with E-state index in [-0.39, 0.29) is 36.8 Å². The summed E-state index contributed by atoms with van der Waals surface area (Å²) in [4.78, 5) is 19.4. The van der Waals surface area contributed by atoms with Crippen molar-refractivity contribution >= 4 is 41.8 Å². The van der Waals surface area contributed by atoms with Crippen molar-refractivity contribution in [2.75, 3.05) is 20.1 Å². The van der Waals surface area contributed by atoms with Gasteiger partial charge < -0.3 is 14.8 Å². The Balaban J connectivity index is 0.00000156. The summed E-state index contributed by atoms with van der Waals surface area (Å²) in [5.41, 5.74) is 2.18. The predicted molar refractivity (Wildman–Crippen MR) is 107 cm³/mol. The molecule has 1 N–H and O–H groups in total. The maximum absolute atomic E-state index is 12.5. The van der Waals surface area contributed by atoms with Gasteiger partial charge in [0, 0.05) is 25.6 Å². The monoisotopic (exact) mass is 386 g/mol. The van der Waals surface area contributed by atoms with Gasteiger partial charge in [-0.3, -0.25) is 4.79 Å². The van der Waals surface area contributed by atoms with Crippen molar-refractivity contribution in [3.05, 3.63) is 30.1 Å². The summed E-state index contributed by atoms with van der Waals surface area (Å²) in [6.07, 6.45) is 2.60. The second kappa shape index (κ2) is 9.41. The summed E-state index contributed by atoms with van der Waals surface area (Å²) in [7, 11) is 1.88. The smallest absolute Gasteiger partial charge is 0.224 e. The zero-order valence-electron chi connectivity index (χ0n) is 15.1. The standard InChI is InChI=1S/C18H26N4O.2ClH/c1-13(2)22-15-8-5-4-7-14(15)20-18(22)16-9-6-12-21(16)17(23)10-11-19-3;;/h4-5,7-8,13,16,19H,6,9-12H2,1-3H3;2*1H. The molecule has 140 valence electrons. The fraction of sp³-hybridized carbons (Fsp3) is 0.556. The molecule has 2 aromatic rings. The van der Waals surface area contributed by atoms with Crippen LogP contribution in [-0.4, -0.2) is 40.5 Å². The summed E-state index contributed by atoms with van der Waals surface area (Å²) in [6, 6.07) is 8.68. The van der Waals surface area contributed by atoms with Crippen LogP contribution in [-0.2, 0) is 4.79 Å². The summed E-state index contributed by atoms with van der Waals surface area (Å²) in [6.45, 7) is 5.93. The van der Waals surface area contributed by atoms with Gasteiger partial charge in [-0.15, -0.1) is 24.8 Å². The van der Waals surface area contributed by atoms with Gasteiger partial charge in [-0.1, -0.05) is 12.1 Å². The molecule has 1 saturated heterocycles. The van der Waals surface area contributed by atoms with Gasteiger partial charge in [0.15, 0.2) is 0 Å². The Morgan fingerprint density at radius 1 is 1.32 bits per heavy atom. The third kappa shape index (κ3) is 4.27. The van der Waals surface area contributed by atoms with E-state index in [2.05, 4.69) is 41.9 Å². The molecule has 1 aromatic heterocycles. The number of fused-ring (bicyclic) bond motifs is 1. The highest BCUT2D eigenvalue weighted by Crippen LogP contribution is 2.35. The first kappa shape index (κ1) is 21.7. The molecule has 0 saturated carbocycles. The Hall–Kier alpha value is -1.30. The summed E-state index contributed by atoms with van der Waals surface area (Å²) >= 11 is 0. The number of halogens is 2. The van der Waals surface area contributed by atoms with Gasteiger partial charge in [0.25, 0.3) is 0 Å². The van der Waals surface area contributed by atoms with Crippen molar-refractivity contribution in [3.63, 3.8) is 0 Å². The number of benzene rings is 1. The molecule has 0 aliphatic carbocycles. The van der Waals surface area contributed by atoms with Crippen LogP contribution in [0.4, 0.5) is 0 Å². The van der Waals surface area contributed by atoms with Crippen LogP contribution in [0.2, 0.25) is 0 Å². The molecule has 1 unspecified atom stereocenters. The second-order valence-electron chi connectivity index (χ2n) is 6.52. The van der Waals surface area contributed by atoms with Crippen molar-refractivity contribution in [2.45, 2.75) is 45.2 Å². The summed E-state index contributed by atoms with van der Waals surface area (Å²) in [5.74, 6) is 1.26. The van der Waals surface area contributed by atoms with Crippen LogP contribution >= 0.6 is 24.8 Å². The van der Waals surface area contributed by atoms with Crippen LogP contribution in [0.3, 0.4) is 0 Å². The summed E-state index contributed by atoms with van der Waals surface area (Å²) in [5, 5.41) is 3.06. The van der Waals surface area contributed by atoms with E-state index in [0.29, 0.717) is 12.5 Å². The first-order valence-corrected chi connectivity index (χ1v) is 8.54. The first-order valence-electron chi connectivity index (χ1n) is 8.54. The number of hydrogen-bond acceptors (Lipinski definition) is 3. The number of para-hydroxylation sites is 2. The molecule has 1 fully saturated rings. The fourth-order valence-corrected chi connectivity index (χ4v) is 3.55. The Bertz CT molecular complexity index is 701. The van der Waals surface area contributed by atoms with Gasteiger partial charge in [-0.2, -0.15) is 0 Å². The van der Waals surface area contributed by atoms with Crippen molar-refractivity contribution in [2.24, 2.45) is 0 Å². The van der Waals surface area contributed by atoms with E-state index in [1.165, 1.54) is 0 Å². The minimum Gasteiger partial charge on any atom is -0.332 e. The SMILES string of the molecule is CNCCC(=O)N1CCCC1c1nc2ccccc2n1C(C)C.Cl.Cl. The highest BCUT2D eigenvalue weighted by Gasteiger charge is 2.33. The molecule has 1 aliphatic rings. The van der Waals surface area contributed by atoms with Gasteiger partial charge >= 0.3 is 0 Å². The number of amides is 1. The minimum atomic E-state index is 0. The maximum Gasteiger partial charge on any atom is 0.224 e. The topological polar surface area (TPSA) is 50.2 Å². The Morgan fingerprint density at radius 2 is 2.04 bits per heavy atom. The third-order valence-electron chi connectivity index (χ3n) is 4.60. The van der Waals surface area contributed by atoms with Crippen molar-refractivity contribution < 1.29 is 4.79 Å². The average molecular weight is 387 g/mol. The molecule has 0 radical (unpaired) electrons. The highest BCUT2D eigenvalue weighted by atomic mass is 35.5. The van der Waals surface area contributed by atoms with Gasteiger partial charge in [0.1, 0.15) is 5.82 Å². The van der Waals surface area contributed by atoms with E-state index in [0.717, 1.165) is 42.8 Å². The molecule has 1 atom stereocenters. The lowest BCUT2D eigenvalue weighted by Crippen LogP contribution is -2.33. The molecule has 1 aliphatic heterocycles. The van der Waals surface area contributed by atoms with E-state index in [1.54, 1.807) is 0 Å². The van der Waals surface area contributed by atoms with E-state index in [9.17, 15) is 4.79 Å². The number of aromatic nitrogens is 2. The molecule has 5 nitrogen and oxygen atoms in total. The lowest BCUT2D eigenvalue weighted by atomic mass is 10.2. The molecular weight excluding hydrogens is 359 g/mol. The molecule has 0 bridgehead atoms. The van der Waals surface area contributed by atoms with E-state index < -0.39 is 0 Å². The molecule has 0 spiro atoms. The average Bonchev–Trinajstić information content (AvgIpc) is 3.15. The van der Waals surface area contributed by atoms with Crippen LogP contribution in [0.5, 0.6) is 0 Å². The van der Waals surface area contributed by atoms with Gasteiger partial charge in [-0.05, 0) is 45.9 Å². The van der Waals surface area contributed by atoms with Crippen LogP contribution in [0.25, 0.3) is 11.0 Å². The summed E-state index contributed by atoms with van der Waals surface area (Å²) < 4.78 is 2.30. The van der Waals surface area contributed by atoms with E-state index >= 15 is 0 Å². The molecule has 2 heterocycles. The number of carbonyl (C=O) groups is 1. The lowest BCUT2D eigenvalue weighted by Gasteiger charge is -2.26. The largest absolute Gasteiger partial charge is 0.332 e.